The molecule has 32 heavy (non-hydrogen) atoms. The summed E-state index contributed by atoms with van der Waals surface area (Å²) in [5.74, 6) is 0.690. The highest BCUT2D eigenvalue weighted by molar-refractivity contribution is 7.80. The normalized spacial score (nSPS) is 10.7. The van der Waals surface area contributed by atoms with Crippen molar-refractivity contribution < 1.29 is 4.74 Å². The van der Waals surface area contributed by atoms with Crippen LogP contribution in [0.5, 0.6) is 5.75 Å². The van der Waals surface area contributed by atoms with Crippen LogP contribution in [-0.2, 0) is 13.1 Å². The van der Waals surface area contributed by atoms with E-state index < -0.39 is 0 Å². The first-order valence-electron chi connectivity index (χ1n) is 10.2. The molecular weight excluding hydrogens is 420 g/mol. The SMILES string of the molecule is COc1ccccc1NC(=S)N(Cc1cccnc1)Cc1cc2cccc(C)c2[nH]c1=O. The van der Waals surface area contributed by atoms with Crippen molar-refractivity contribution in [2.24, 2.45) is 0 Å². The highest BCUT2D eigenvalue weighted by Crippen LogP contribution is 2.24. The average Bonchev–Trinajstić information content (AvgIpc) is 2.81. The van der Waals surface area contributed by atoms with E-state index in [1.54, 1.807) is 19.5 Å². The number of hydrogen-bond donors (Lipinski definition) is 2. The topological polar surface area (TPSA) is 70.2 Å². The molecule has 0 aliphatic carbocycles. The fourth-order valence-electron chi connectivity index (χ4n) is 3.61. The molecule has 6 nitrogen and oxygen atoms in total. The maximum Gasteiger partial charge on any atom is 0.253 e. The van der Waals surface area contributed by atoms with Crippen molar-refractivity contribution in [3.8, 4) is 5.75 Å². The van der Waals surface area contributed by atoms with E-state index in [4.69, 9.17) is 17.0 Å². The highest BCUT2D eigenvalue weighted by atomic mass is 32.1. The maximum atomic E-state index is 12.9. The fourth-order valence-corrected chi connectivity index (χ4v) is 3.84. The lowest BCUT2D eigenvalue weighted by molar-refractivity contribution is 0.407. The second-order valence-corrected chi connectivity index (χ2v) is 7.90. The molecule has 4 rings (SSSR count). The monoisotopic (exact) mass is 444 g/mol. The van der Waals surface area contributed by atoms with Gasteiger partial charge in [-0.3, -0.25) is 9.78 Å². The van der Waals surface area contributed by atoms with Crippen molar-refractivity contribution in [2.45, 2.75) is 20.0 Å². The molecule has 0 bridgehead atoms. The van der Waals surface area contributed by atoms with Gasteiger partial charge in [0.2, 0.25) is 0 Å². The molecule has 0 unspecified atom stereocenters. The van der Waals surface area contributed by atoms with Gasteiger partial charge in [0, 0.05) is 24.5 Å². The predicted octanol–water partition coefficient (Wildman–Crippen LogP) is 4.64. The molecule has 7 heteroatoms. The fraction of sp³-hybridized carbons (Fsp3) is 0.160. The van der Waals surface area contributed by atoms with Gasteiger partial charge in [-0.25, -0.2) is 0 Å². The Morgan fingerprint density at radius 2 is 1.97 bits per heavy atom. The summed E-state index contributed by atoms with van der Waals surface area (Å²) >= 11 is 5.75. The highest BCUT2D eigenvalue weighted by Gasteiger charge is 2.16. The van der Waals surface area contributed by atoms with E-state index in [1.165, 1.54) is 0 Å². The molecule has 2 heterocycles. The van der Waals surface area contributed by atoms with Crippen LogP contribution >= 0.6 is 12.2 Å². The van der Waals surface area contributed by atoms with Crippen LogP contribution < -0.4 is 15.6 Å². The van der Waals surface area contributed by atoms with Crippen LogP contribution in [0.25, 0.3) is 10.9 Å². The number of pyridine rings is 2. The quantitative estimate of drug-likeness (QED) is 0.422. The molecule has 2 aromatic carbocycles. The van der Waals surface area contributed by atoms with E-state index in [0.717, 1.165) is 27.7 Å². The van der Waals surface area contributed by atoms with Crippen LogP contribution in [0.3, 0.4) is 0 Å². The third-order valence-electron chi connectivity index (χ3n) is 5.26. The lowest BCUT2D eigenvalue weighted by Crippen LogP contribution is -2.35. The van der Waals surface area contributed by atoms with Crippen LogP contribution in [0.15, 0.2) is 77.9 Å². The van der Waals surface area contributed by atoms with Crippen molar-refractivity contribution in [3.63, 3.8) is 0 Å². The van der Waals surface area contributed by atoms with Gasteiger partial charge in [0.05, 0.1) is 24.9 Å². The molecule has 0 saturated carbocycles. The Labute approximate surface area is 191 Å². The minimum Gasteiger partial charge on any atom is -0.495 e. The molecule has 0 aliphatic heterocycles. The first kappa shape index (κ1) is 21.5. The van der Waals surface area contributed by atoms with Crippen LogP contribution in [0.2, 0.25) is 0 Å². The van der Waals surface area contributed by atoms with Crippen LogP contribution in [0, 0.1) is 6.92 Å². The first-order valence-corrected chi connectivity index (χ1v) is 10.7. The molecule has 0 radical (unpaired) electrons. The standard InChI is InChI=1S/C25H24N4O2S/c1-17-7-5-9-19-13-20(24(30)28-23(17)19)16-29(15-18-8-6-12-26-14-18)25(32)27-21-10-3-4-11-22(21)31-2/h3-14H,15-16H2,1-2H3,(H,27,32)(H,28,30). The third-order valence-corrected chi connectivity index (χ3v) is 5.62. The number of aromatic nitrogens is 2. The second-order valence-electron chi connectivity index (χ2n) is 7.51. The predicted molar refractivity (Wildman–Crippen MR) is 132 cm³/mol. The van der Waals surface area contributed by atoms with E-state index in [-0.39, 0.29) is 5.56 Å². The number of nitrogens with zero attached hydrogens (tertiary/aromatic N) is 2. The van der Waals surface area contributed by atoms with E-state index in [2.05, 4.69) is 15.3 Å². The number of fused-ring (bicyclic) bond motifs is 1. The van der Waals surface area contributed by atoms with Gasteiger partial charge in [-0.15, -0.1) is 0 Å². The molecule has 0 saturated heterocycles. The number of benzene rings is 2. The molecule has 0 fully saturated rings. The van der Waals surface area contributed by atoms with Crippen molar-refractivity contribution in [3.05, 3.63) is 100 Å². The van der Waals surface area contributed by atoms with Gasteiger partial charge in [0.1, 0.15) is 5.75 Å². The minimum absolute atomic E-state index is 0.122. The molecule has 4 aromatic rings. The number of hydrogen-bond acceptors (Lipinski definition) is 4. The van der Waals surface area contributed by atoms with Crippen LogP contribution in [0.4, 0.5) is 5.69 Å². The number of methoxy groups -OCH3 is 1. The van der Waals surface area contributed by atoms with Crippen LogP contribution in [-0.4, -0.2) is 27.1 Å². The lowest BCUT2D eigenvalue weighted by Gasteiger charge is -2.26. The number of aromatic amines is 1. The molecular formula is C25H24N4O2S. The Morgan fingerprint density at radius 1 is 1.12 bits per heavy atom. The van der Waals surface area contributed by atoms with Crippen molar-refractivity contribution >= 4 is 33.9 Å². The van der Waals surface area contributed by atoms with E-state index >= 15 is 0 Å². The first-order chi connectivity index (χ1) is 15.5. The summed E-state index contributed by atoms with van der Waals surface area (Å²) in [5, 5.41) is 4.75. The molecule has 0 atom stereocenters. The van der Waals surface area contributed by atoms with E-state index in [9.17, 15) is 4.79 Å². The molecule has 0 spiro atoms. The number of ether oxygens (including phenoxy) is 1. The summed E-state index contributed by atoms with van der Waals surface area (Å²) < 4.78 is 5.44. The Balaban J connectivity index is 1.66. The largest absolute Gasteiger partial charge is 0.495 e. The Kier molecular flexibility index (Phi) is 6.47. The Bertz CT molecular complexity index is 1300. The van der Waals surface area contributed by atoms with E-state index in [0.29, 0.717) is 29.5 Å². The Morgan fingerprint density at radius 3 is 2.75 bits per heavy atom. The van der Waals surface area contributed by atoms with E-state index in [1.807, 2.05) is 72.5 Å². The zero-order valence-electron chi connectivity index (χ0n) is 18.0. The number of thiocarbonyl (C=S) groups is 1. The molecule has 0 aliphatic rings. The number of nitrogens with one attached hydrogen (secondary N) is 2. The average molecular weight is 445 g/mol. The maximum absolute atomic E-state index is 12.9. The molecule has 2 N–H and O–H groups in total. The third kappa shape index (κ3) is 4.78. The van der Waals surface area contributed by atoms with Crippen molar-refractivity contribution in [1.82, 2.24) is 14.9 Å². The van der Waals surface area contributed by atoms with Gasteiger partial charge in [0.15, 0.2) is 5.11 Å². The zero-order valence-corrected chi connectivity index (χ0v) is 18.8. The Hall–Kier alpha value is -3.71. The number of para-hydroxylation sites is 3. The summed E-state index contributed by atoms with van der Waals surface area (Å²) in [6.45, 7) is 2.83. The lowest BCUT2D eigenvalue weighted by atomic mass is 10.1. The van der Waals surface area contributed by atoms with Gasteiger partial charge in [-0.2, -0.15) is 0 Å². The molecule has 162 valence electrons. The van der Waals surface area contributed by atoms with Crippen LogP contribution in [0.1, 0.15) is 16.7 Å². The van der Waals surface area contributed by atoms with Gasteiger partial charge in [-0.05, 0) is 59.9 Å². The second kappa shape index (κ2) is 9.62. The zero-order chi connectivity index (χ0) is 22.5. The summed E-state index contributed by atoms with van der Waals surface area (Å²) in [5.41, 5.74) is 4.16. The van der Waals surface area contributed by atoms with Gasteiger partial charge in [-0.1, -0.05) is 36.4 Å². The number of anilines is 1. The molecule has 2 aromatic heterocycles. The summed E-state index contributed by atoms with van der Waals surface area (Å²) in [6, 6.07) is 19.4. The van der Waals surface area contributed by atoms with Gasteiger partial charge in [0.25, 0.3) is 5.56 Å². The van der Waals surface area contributed by atoms with Crippen molar-refractivity contribution in [1.29, 1.82) is 0 Å². The minimum atomic E-state index is -0.122. The van der Waals surface area contributed by atoms with Gasteiger partial charge < -0.3 is 19.9 Å². The smallest absolute Gasteiger partial charge is 0.253 e. The summed E-state index contributed by atoms with van der Waals surface area (Å²) in [4.78, 5) is 22.1. The number of rotatable bonds is 6. The number of aryl methyl sites for hydroxylation is 1. The van der Waals surface area contributed by atoms with Crippen molar-refractivity contribution in [2.75, 3.05) is 12.4 Å². The number of H-pyrrole nitrogens is 1. The summed E-state index contributed by atoms with van der Waals surface area (Å²) in [7, 11) is 1.62. The van der Waals surface area contributed by atoms with Gasteiger partial charge >= 0.3 is 0 Å². The molecule has 0 amide bonds. The summed E-state index contributed by atoms with van der Waals surface area (Å²) in [6.07, 6.45) is 3.53.